The van der Waals surface area contributed by atoms with Crippen LogP contribution < -0.4 is 0 Å². The Morgan fingerprint density at radius 1 is 0.903 bits per heavy atom. The van der Waals surface area contributed by atoms with Crippen LogP contribution in [0.15, 0.2) is 85.1 Å². The minimum Gasteiger partial charge on any atom is -0.462 e. The highest BCUT2D eigenvalue weighted by molar-refractivity contribution is 5.89. The van der Waals surface area contributed by atoms with Crippen molar-refractivity contribution in [3.8, 4) is 0 Å². The lowest BCUT2D eigenvalue weighted by molar-refractivity contribution is 0.0526. The number of aromatic nitrogens is 1. The number of ether oxygens (including phenoxy) is 1. The van der Waals surface area contributed by atoms with Crippen molar-refractivity contribution >= 4 is 16.9 Å². The molecule has 1 heterocycles. The Balaban J connectivity index is 1.49. The lowest BCUT2D eigenvalue weighted by Gasteiger charge is -2.11. The summed E-state index contributed by atoms with van der Waals surface area (Å²) >= 11 is 0. The van der Waals surface area contributed by atoms with Crippen molar-refractivity contribution in [3.05, 3.63) is 107 Å². The van der Waals surface area contributed by atoms with Crippen molar-refractivity contribution in [1.82, 2.24) is 4.57 Å². The van der Waals surface area contributed by atoms with Crippen LogP contribution in [0.3, 0.4) is 0 Å². The van der Waals surface area contributed by atoms with E-state index in [2.05, 4.69) is 72.3 Å². The molecule has 0 radical (unpaired) electrons. The van der Waals surface area contributed by atoms with Gasteiger partial charge in [0.1, 0.15) is 0 Å². The molecular weight excluding hydrogens is 382 g/mol. The highest BCUT2D eigenvalue weighted by Gasteiger charge is 2.15. The average molecular weight is 412 g/mol. The summed E-state index contributed by atoms with van der Waals surface area (Å²) in [5.41, 5.74) is 5.85. The molecule has 0 aliphatic heterocycles. The summed E-state index contributed by atoms with van der Waals surface area (Å²) in [4.78, 5) is 11.8. The van der Waals surface area contributed by atoms with E-state index in [0.29, 0.717) is 18.1 Å². The van der Waals surface area contributed by atoms with Crippen molar-refractivity contribution in [1.29, 1.82) is 0 Å². The third kappa shape index (κ3) is 4.88. The fourth-order valence-corrected chi connectivity index (χ4v) is 4.14. The summed E-state index contributed by atoms with van der Waals surface area (Å²) in [6.07, 6.45) is 4.35. The third-order valence-corrected chi connectivity index (χ3v) is 5.88. The van der Waals surface area contributed by atoms with Gasteiger partial charge in [-0.15, -0.1) is 0 Å². The molecular formula is C28H29NO2. The van der Waals surface area contributed by atoms with Crippen LogP contribution in [-0.2, 0) is 17.7 Å². The van der Waals surface area contributed by atoms with Gasteiger partial charge < -0.3 is 9.30 Å². The minimum absolute atomic E-state index is 0.256. The van der Waals surface area contributed by atoms with Crippen LogP contribution in [0.25, 0.3) is 10.9 Å². The lowest BCUT2D eigenvalue weighted by atomic mass is 9.93. The molecule has 1 aromatic heterocycles. The van der Waals surface area contributed by atoms with E-state index in [-0.39, 0.29) is 5.97 Å². The molecule has 0 aliphatic rings. The Morgan fingerprint density at radius 2 is 1.61 bits per heavy atom. The second-order valence-corrected chi connectivity index (χ2v) is 8.07. The standard InChI is InChI=1S/C28H29NO2/c1-3-31-28(30)24-17-15-22(16-18-24)14-13-21(2)26-20-29(19-23-9-5-4-6-10-23)27-12-8-7-11-25(26)27/h4-12,15-18,20-21H,3,13-14,19H2,1-2H3. The minimum atomic E-state index is -0.256. The number of benzene rings is 3. The molecule has 0 fully saturated rings. The Bertz CT molecular complexity index is 1140. The second kappa shape index (κ2) is 9.65. The predicted molar refractivity (Wildman–Crippen MR) is 127 cm³/mol. The number of fused-ring (bicyclic) bond motifs is 1. The molecule has 4 aromatic rings. The fourth-order valence-electron chi connectivity index (χ4n) is 4.14. The van der Waals surface area contributed by atoms with E-state index >= 15 is 0 Å². The largest absolute Gasteiger partial charge is 0.462 e. The molecule has 3 aromatic carbocycles. The van der Waals surface area contributed by atoms with Gasteiger partial charge in [0.05, 0.1) is 12.2 Å². The zero-order valence-electron chi connectivity index (χ0n) is 18.3. The maximum absolute atomic E-state index is 11.8. The Kier molecular flexibility index (Phi) is 6.51. The van der Waals surface area contributed by atoms with E-state index in [1.807, 2.05) is 31.2 Å². The number of aryl methyl sites for hydroxylation is 1. The smallest absolute Gasteiger partial charge is 0.338 e. The van der Waals surface area contributed by atoms with Gasteiger partial charge in [0.15, 0.2) is 0 Å². The van der Waals surface area contributed by atoms with Crippen molar-refractivity contribution < 1.29 is 9.53 Å². The molecule has 31 heavy (non-hydrogen) atoms. The summed E-state index contributed by atoms with van der Waals surface area (Å²) in [5, 5.41) is 1.34. The number of para-hydroxylation sites is 1. The van der Waals surface area contributed by atoms with Crippen LogP contribution in [0.2, 0.25) is 0 Å². The highest BCUT2D eigenvalue weighted by atomic mass is 16.5. The Labute approximate surface area is 184 Å². The number of hydrogen-bond donors (Lipinski definition) is 0. The molecule has 0 saturated heterocycles. The molecule has 0 N–H and O–H groups in total. The molecule has 0 spiro atoms. The summed E-state index contributed by atoms with van der Waals surface area (Å²) in [5.74, 6) is 0.181. The molecule has 0 aliphatic carbocycles. The monoisotopic (exact) mass is 411 g/mol. The lowest BCUT2D eigenvalue weighted by Crippen LogP contribution is -2.04. The molecule has 1 unspecified atom stereocenters. The van der Waals surface area contributed by atoms with Crippen LogP contribution in [0.5, 0.6) is 0 Å². The zero-order chi connectivity index (χ0) is 21.6. The first kappa shape index (κ1) is 20.9. The van der Waals surface area contributed by atoms with Crippen LogP contribution >= 0.6 is 0 Å². The number of esters is 1. The molecule has 4 rings (SSSR count). The normalized spacial score (nSPS) is 12.1. The van der Waals surface area contributed by atoms with Gasteiger partial charge in [-0.3, -0.25) is 0 Å². The van der Waals surface area contributed by atoms with Crippen LogP contribution in [0, 0.1) is 0 Å². The van der Waals surface area contributed by atoms with Crippen LogP contribution in [0.1, 0.15) is 53.2 Å². The summed E-state index contributed by atoms with van der Waals surface area (Å²) in [7, 11) is 0. The van der Waals surface area contributed by atoms with E-state index < -0.39 is 0 Å². The van der Waals surface area contributed by atoms with Gasteiger partial charge in [-0.25, -0.2) is 4.79 Å². The van der Waals surface area contributed by atoms with Crippen molar-refractivity contribution in [2.45, 2.75) is 39.2 Å². The number of rotatable bonds is 8. The highest BCUT2D eigenvalue weighted by Crippen LogP contribution is 2.31. The quantitative estimate of drug-likeness (QED) is 0.306. The number of carbonyl (C=O) groups is 1. The van der Waals surface area contributed by atoms with Crippen molar-refractivity contribution in [2.75, 3.05) is 6.61 Å². The molecule has 3 nitrogen and oxygen atoms in total. The maximum Gasteiger partial charge on any atom is 0.338 e. The number of hydrogen-bond acceptors (Lipinski definition) is 2. The second-order valence-electron chi connectivity index (χ2n) is 8.07. The van der Waals surface area contributed by atoms with E-state index in [9.17, 15) is 4.79 Å². The first-order chi connectivity index (χ1) is 15.2. The molecule has 0 saturated carbocycles. The SMILES string of the molecule is CCOC(=O)c1ccc(CCC(C)c2cn(Cc3ccccc3)c3ccccc23)cc1. The van der Waals surface area contributed by atoms with E-state index in [1.165, 1.54) is 27.6 Å². The summed E-state index contributed by atoms with van der Waals surface area (Å²) < 4.78 is 7.43. The van der Waals surface area contributed by atoms with Crippen molar-refractivity contribution in [3.63, 3.8) is 0 Å². The molecule has 0 amide bonds. The number of nitrogens with zero attached hydrogens (tertiary/aromatic N) is 1. The average Bonchev–Trinajstić information content (AvgIpc) is 3.17. The summed E-state index contributed by atoms with van der Waals surface area (Å²) in [6, 6.07) is 27.1. The maximum atomic E-state index is 11.8. The van der Waals surface area contributed by atoms with Gasteiger partial charge in [0.2, 0.25) is 0 Å². The molecule has 158 valence electrons. The predicted octanol–water partition coefficient (Wildman–Crippen LogP) is 6.60. The van der Waals surface area contributed by atoms with Gasteiger partial charge in [-0.2, -0.15) is 0 Å². The summed E-state index contributed by atoms with van der Waals surface area (Å²) in [6.45, 7) is 5.41. The van der Waals surface area contributed by atoms with Gasteiger partial charge in [0.25, 0.3) is 0 Å². The van der Waals surface area contributed by atoms with E-state index in [0.717, 1.165) is 19.4 Å². The van der Waals surface area contributed by atoms with Gasteiger partial charge >= 0.3 is 5.97 Å². The Morgan fingerprint density at radius 3 is 2.35 bits per heavy atom. The van der Waals surface area contributed by atoms with Gasteiger partial charge in [-0.05, 0) is 60.6 Å². The van der Waals surface area contributed by atoms with Gasteiger partial charge in [0, 0.05) is 23.6 Å². The van der Waals surface area contributed by atoms with Crippen molar-refractivity contribution in [2.24, 2.45) is 0 Å². The van der Waals surface area contributed by atoms with E-state index in [4.69, 9.17) is 4.74 Å². The van der Waals surface area contributed by atoms with Crippen LogP contribution in [-0.4, -0.2) is 17.1 Å². The zero-order valence-corrected chi connectivity index (χ0v) is 18.3. The third-order valence-electron chi connectivity index (χ3n) is 5.88. The fraction of sp³-hybridized carbons (Fsp3) is 0.250. The first-order valence-corrected chi connectivity index (χ1v) is 11.0. The Hall–Kier alpha value is -3.33. The molecule has 0 bridgehead atoms. The molecule has 3 heteroatoms. The van der Waals surface area contributed by atoms with Crippen LogP contribution in [0.4, 0.5) is 0 Å². The van der Waals surface area contributed by atoms with Gasteiger partial charge in [-0.1, -0.05) is 67.6 Å². The molecule has 1 atom stereocenters. The topological polar surface area (TPSA) is 31.2 Å². The first-order valence-electron chi connectivity index (χ1n) is 11.0. The van der Waals surface area contributed by atoms with E-state index in [1.54, 1.807) is 0 Å². The number of carbonyl (C=O) groups excluding carboxylic acids is 1.